The molecule has 12 aromatic rings. The zero-order chi connectivity index (χ0) is 54.0. The SMILES string of the molecule is [2H]c1c([2H])c([2H])c(-c2c(-c3ccc(-c4ccc5ccc6cccnc6c5n4)c4ccccc34)sc(-c3c([2H])c([2H])c4c([2H])c([2H])c5c([2H])c([2H])c([2H])c6c([2H])c([2H])c3c4c56)c2-c2c([2H])c([2H])c([2H])c([2H])c2[2H])c([2H])c1[2H]. The van der Waals surface area contributed by atoms with Gasteiger partial charge in [-0.3, -0.25) is 4.98 Å². The number of fused-ring (bicyclic) bond motifs is 4. The van der Waals surface area contributed by atoms with E-state index in [2.05, 4.69) is 4.98 Å². The fraction of sp³-hybridized carbons (Fsp3) is 0. The minimum Gasteiger partial charge on any atom is -0.254 e. The Morgan fingerprint density at radius 3 is 1.74 bits per heavy atom. The van der Waals surface area contributed by atoms with Crippen molar-refractivity contribution >= 4 is 76.2 Å². The molecule has 0 saturated carbocycles. The molecule has 0 fully saturated rings. The maximum absolute atomic E-state index is 9.88. The standard InChI is InChI=1S/C54H32N2S/c1-3-11-33(12-4-1)49-50(34-13-5-2-6-14-34)54(45-28-25-37-21-20-35-15-9-16-36-24-27-43(45)48(37)47(35)36)57-53(49)44-30-29-42(40-18-7-8-19-41(40)44)46-31-26-39-23-22-38-17-10-32-55-51(38)52(39)56-46/h1-32H/i1D,2D,3D,4D,5D,6D,9D,11D,12D,13D,14D,15D,16D,20D,21D,24D,25D,27D,28D. The number of thiophene rings is 1. The van der Waals surface area contributed by atoms with Crippen molar-refractivity contribution in [1.82, 2.24) is 9.97 Å². The minimum atomic E-state index is -0.807. The van der Waals surface area contributed by atoms with E-state index in [0.717, 1.165) is 22.1 Å². The van der Waals surface area contributed by atoms with E-state index in [-0.39, 0.29) is 58.8 Å². The molecule has 9 aromatic carbocycles. The Hall–Kier alpha value is -7.20. The summed E-state index contributed by atoms with van der Waals surface area (Å²) in [5, 5.41) is 1.26. The molecule has 0 N–H and O–H groups in total. The molecule has 0 aliphatic carbocycles. The average molecular weight is 760 g/mol. The van der Waals surface area contributed by atoms with E-state index < -0.39 is 126 Å². The van der Waals surface area contributed by atoms with Gasteiger partial charge in [0.05, 0.1) is 42.8 Å². The van der Waals surface area contributed by atoms with Crippen LogP contribution in [0.5, 0.6) is 0 Å². The van der Waals surface area contributed by atoms with Crippen LogP contribution in [0.15, 0.2) is 194 Å². The summed E-state index contributed by atoms with van der Waals surface area (Å²) in [6.45, 7) is 0. The molecule has 0 bridgehead atoms. The smallest absolute Gasteiger partial charge is 0.0972 e. The molecule has 0 amide bonds. The predicted octanol–water partition coefficient (Wildman–Crippen LogP) is 15.2. The number of hydrogen-bond acceptors (Lipinski definition) is 3. The van der Waals surface area contributed by atoms with Gasteiger partial charge in [-0.15, -0.1) is 11.3 Å². The lowest BCUT2D eigenvalue weighted by Gasteiger charge is -2.15. The second kappa shape index (κ2) is 12.7. The lowest BCUT2D eigenvalue weighted by atomic mass is 9.87. The molecule has 3 heterocycles. The Bertz CT molecular complexity index is 4570. The summed E-state index contributed by atoms with van der Waals surface area (Å²) in [5.41, 5.74) is 0.989. The number of rotatable bonds is 5. The summed E-state index contributed by atoms with van der Waals surface area (Å²) < 4.78 is 174. The molecule has 0 aliphatic rings. The number of benzene rings is 9. The highest BCUT2D eigenvalue weighted by atomic mass is 32.1. The van der Waals surface area contributed by atoms with E-state index in [4.69, 9.17) is 18.7 Å². The van der Waals surface area contributed by atoms with Crippen LogP contribution in [0, 0.1) is 0 Å². The maximum Gasteiger partial charge on any atom is 0.0972 e. The first kappa shape index (κ1) is 18.6. The third-order valence-electron chi connectivity index (χ3n) is 10.3. The highest BCUT2D eigenvalue weighted by Crippen LogP contribution is 2.55. The normalized spacial score (nSPS) is 16.5. The zero-order valence-electron chi connectivity index (χ0n) is 48.3. The lowest BCUT2D eigenvalue weighted by molar-refractivity contribution is 1.37. The monoisotopic (exact) mass is 759 g/mol. The van der Waals surface area contributed by atoms with Crippen molar-refractivity contribution in [3.63, 3.8) is 0 Å². The van der Waals surface area contributed by atoms with E-state index in [1.807, 2.05) is 42.5 Å². The molecular weight excluding hydrogens is 709 g/mol. The van der Waals surface area contributed by atoms with Crippen LogP contribution >= 0.6 is 11.3 Å². The van der Waals surface area contributed by atoms with Crippen molar-refractivity contribution < 1.29 is 26.0 Å². The summed E-state index contributed by atoms with van der Waals surface area (Å²) in [4.78, 5) is 9.64. The van der Waals surface area contributed by atoms with Crippen LogP contribution in [0.2, 0.25) is 0 Å². The zero-order valence-corrected chi connectivity index (χ0v) is 30.1. The van der Waals surface area contributed by atoms with Crippen molar-refractivity contribution in [2.75, 3.05) is 0 Å². The summed E-state index contributed by atoms with van der Waals surface area (Å²) in [5.74, 6) is 0. The van der Waals surface area contributed by atoms with Crippen LogP contribution in [0.1, 0.15) is 26.0 Å². The fourth-order valence-electron chi connectivity index (χ4n) is 7.85. The van der Waals surface area contributed by atoms with Gasteiger partial charge in [-0.25, -0.2) is 4.98 Å². The van der Waals surface area contributed by atoms with Gasteiger partial charge in [0, 0.05) is 54.5 Å². The second-order valence-corrected chi connectivity index (χ2v) is 14.4. The second-order valence-electron chi connectivity index (χ2n) is 13.4. The fourth-order valence-corrected chi connectivity index (χ4v) is 9.21. The van der Waals surface area contributed by atoms with Gasteiger partial charge in [0.2, 0.25) is 0 Å². The molecule has 0 atom stereocenters. The summed E-state index contributed by atoms with van der Waals surface area (Å²) in [6, 6.07) is 8.56. The number of nitrogens with zero attached hydrogens (tertiary/aromatic N) is 2. The lowest BCUT2D eigenvalue weighted by Crippen LogP contribution is -1.91. The van der Waals surface area contributed by atoms with E-state index >= 15 is 0 Å². The van der Waals surface area contributed by atoms with E-state index in [9.17, 15) is 12.3 Å². The third kappa shape index (κ3) is 4.96. The van der Waals surface area contributed by atoms with Crippen LogP contribution in [0.4, 0.5) is 0 Å². The van der Waals surface area contributed by atoms with Gasteiger partial charge < -0.3 is 0 Å². The first-order chi connectivity index (χ1) is 36.2. The van der Waals surface area contributed by atoms with Crippen LogP contribution in [-0.2, 0) is 0 Å². The molecule has 0 saturated heterocycles. The maximum atomic E-state index is 9.88. The van der Waals surface area contributed by atoms with Gasteiger partial charge in [0.25, 0.3) is 0 Å². The molecule has 3 aromatic heterocycles. The van der Waals surface area contributed by atoms with Gasteiger partial charge in [0.1, 0.15) is 0 Å². The first-order valence-corrected chi connectivity index (χ1v) is 18.7. The molecule has 3 heteroatoms. The van der Waals surface area contributed by atoms with E-state index in [1.54, 1.807) is 36.5 Å². The Morgan fingerprint density at radius 1 is 0.404 bits per heavy atom. The topological polar surface area (TPSA) is 25.8 Å². The minimum absolute atomic E-state index is 0.101. The van der Waals surface area contributed by atoms with Gasteiger partial charge in [-0.1, -0.05) is 175 Å². The van der Waals surface area contributed by atoms with Crippen LogP contribution in [0.3, 0.4) is 0 Å². The van der Waals surface area contributed by atoms with Crippen molar-refractivity contribution in [2.24, 2.45) is 0 Å². The summed E-state index contributed by atoms with van der Waals surface area (Å²) in [6.07, 6.45) is 1.68. The molecule has 0 radical (unpaired) electrons. The number of aromatic nitrogens is 2. The molecule has 264 valence electrons. The van der Waals surface area contributed by atoms with Crippen LogP contribution in [0.25, 0.3) is 119 Å². The van der Waals surface area contributed by atoms with Crippen molar-refractivity contribution in [2.45, 2.75) is 0 Å². The summed E-state index contributed by atoms with van der Waals surface area (Å²) >= 11 is 0.820. The Morgan fingerprint density at radius 2 is 1.00 bits per heavy atom. The van der Waals surface area contributed by atoms with Gasteiger partial charge in [-0.2, -0.15) is 0 Å². The van der Waals surface area contributed by atoms with Gasteiger partial charge in [-0.05, 0) is 66.3 Å². The predicted molar refractivity (Wildman–Crippen MR) is 243 cm³/mol. The third-order valence-corrected chi connectivity index (χ3v) is 11.6. The Kier molecular flexibility index (Phi) is 4.14. The van der Waals surface area contributed by atoms with E-state index in [0.29, 0.717) is 38.6 Å². The van der Waals surface area contributed by atoms with Crippen LogP contribution < -0.4 is 0 Å². The van der Waals surface area contributed by atoms with Crippen LogP contribution in [-0.4, -0.2) is 9.97 Å². The molecular formula is C54H32N2S. The Labute approximate surface area is 360 Å². The largest absolute Gasteiger partial charge is 0.254 e. The molecule has 0 unspecified atom stereocenters. The Balaban J connectivity index is 1.31. The molecule has 0 aliphatic heterocycles. The number of hydrogen-bond donors (Lipinski definition) is 0. The highest BCUT2D eigenvalue weighted by Gasteiger charge is 2.26. The number of pyridine rings is 2. The quantitative estimate of drug-likeness (QED) is 0.163. The van der Waals surface area contributed by atoms with Gasteiger partial charge in [0.15, 0.2) is 0 Å². The first-order valence-electron chi connectivity index (χ1n) is 27.4. The van der Waals surface area contributed by atoms with E-state index in [1.165, 1.54) is 0 Å². The van der Waals surface area contributed by atoms with Crippen molar-refractivity contribution in [3.05, 3.63) is 194 Å². The van der Waals surface area contributed by atoms with Gasteiger partial charge >= 0.3 is 0 Å². The molecule has 57 heavy (non-hydrogen) atoms. The molecule has 0 spiro atoms. The van der Waals surface area contributed by atoms with Crippen molar-refractivity contribution in [3.8, 4) is 54.4 Å². The molecule has 12 rings (SSSR count). The molecule has 2 nitrogen and oxygen atoms in total. The van der Waals surface area contributed by atoms with Crippen molar-refractivity contribution in [1.29, 1.82) is 0 Å². The highest BCUT2D eigenvalue weighted by molar-refractivity contribution is 7.20. The summed E-state index contributed by atoms with van der Waals surface area (Å²) in [7, 11) is 0. The average Bonchev–Trinajstić information content (AvgIpc) is 3.87.